The van der Waals surface area contributed by atoms with Crippen LogP contribution in [-0.2, 0) is 5.41 Å². The molecular formula is C117H72N10OS3. The Morgan fingerprint density at radius 3 is 1.11 bits per heavy atom. The van der Waals surface area contributed by atoms with Crippen LogP contribution in [0.5, 0.6) is 0 Å². The van der Waals surface area contributed by atoms with Gasteiger partial charge in [-0.3, -0.25) is 9.13 Å². The minimum absolute atomic E-state index is 0.0581. The molecule has 11 nitrogen and oxygen atoms in total. The number of furan rings is 1. The van der Waals surface area contributed by atoms with Crippen molar-refractivity contribution < 1.29 is 4.42 Å². The van der Waals surface area contributed by atoms with Gasteiger partial charge >= 0.3 is 0 Å². The Hall–Kier alpha value is -16.4. The van der Waals surface area contributed by atoms with E-state index in [4.69, 9.17) is 34.3 Å². The maximum absolute atomic E-state index is 6.27. The molecule has 1 aliphatic rings. The second-order valence-corrected chi connectivity index (χ2v) is 37.4. The summed E-state index contributed by atoms with van der Waals surface area (Å²) in [5, 5.41) is 15.7. The molecule has 131 heavy (non-hydrogen) atoms. The highest BCUT2D eigenvalue weighted by molar-refractivity contribution is 7.27. The maximum Gasteiger partial charge on any atom is 0.162 e. The van der Waals surface area contributed by atoms with Gasteiger partial charge in [0.2, 0.25) is 0 Å². The van der Waals surface area contributed by atoms with Crippen LogP contribution in [0.1, 0.15) is 25.0 Å². The van der Waals surface area contributed by atoms with Crippen LogP contribution in [0, 0.1) is 0 Å². The van der Waals surface area contributed by atoms with Crippen LogP contribution in [0.2, 0.25) is 0 Å². The molecule has 0 spiro atoms. The molecule has 28 aromatic rings. The Balaban J connectivity index is 0.000000101. The summed E-state index contributed by atoms with van der Waals surface area (Å²) >= 11 is 5.30. The van der Waals surface area contributed by atoms with Crippen molar-refractivity contribution in [3.8, 4) is 79.6 Å². The molecule has 14 heteroatoms. The van der Waals surface area contributed by atoms with E-state index in [0.717, 1.165) is 148 Å². The van der Waals surface area contributed by atoms with E-state index in [9.17, 15) is 0 Å². The lowest BCUT2D eigenvalue weighted by atomic mass is 9.82. The van der Waals surface area contributed by atoms with Crippen molar-refractivity contribution in [3.63, 3.8) is 0 Å². The third-order valence-electron chi connectivity index (χ3n) is 26.6. The number of rotatable bonds is 8. The summed E-state index contributed by atoms with van der Waals surface area (Å²) in [5.41, 5.74) is 26.8. The van der Waals surface area contributed by atoms with Crippen molar-refractivity contribution >= 4 is 204 Å². The van der Waals surface area contributed by atoms with Crippen LogP contribution < -0.4 is 0 Å². The van der Waals surface area contributed by atoms with Crippen LogP contribution in [0.4, 0.5) is 0 Å². The summed E-state index contributed by atoms with van der Waals surface area (Å²) in [6.45, 7) is 4.69. The fourth-order valence-corrected chi connectivity index (χ4v) is 24.2. The van der Waals surface area contributed by atoms with E-state index in [1.54, 1.807) is 34.0 Å². The van der Waals surface area contributed by atoms with Crippen LogP contribution in [0.25, 0.3) is 250 Å². The predicted octanol–water partition coefficient (Wildman–Crippen LogP) is 31.8. The van der Waals surface area contributed by atoms with Gasteiger partial charge in [0.05, 0.1) is 80.5 Å². The normalized spacial score (nSPS) is 12.6. The third-order valence-corrected chi connectivity index (χ3v) is 30.1. The molecule has 0 aliphatic heterocycles. The number of benzene rings is 17. The Morgan fingerprint density at radius 2 is 0.595 bits per heavy atom. The number of para-hydroxylation sites is 6. The molecule has 0 amide bonds. The van der Waals surface area contributed by atoms with Crippen molar-refractivity contribution in [2.24, 2.45) is 0 Å². The number of hydrogen-bond acceptors (Lipinski definition) is 10. The number of nitrogens with zero attached hydrogens (tertiary/aromatic N) is 10. The molecule has 0 unspecified atom stereocenters. The summed E-state index contributed by atoms with van der Waals surface area (Å²) in [6.07, 6.45) is 0. The van der Waals surface area contributed by atoms with Gasteiger partial charge in [0.1, 0.15) is 11.2 Å². The SMILES string of the molecule is CC1(C)c2ccccc2-c2c1ccc1c2c2ccccc2n1-c1nc(-c2ccccc2)nc2c1sc1ccccc12.c1ccc(-c2nc(-c3ccc(-n4c5ccccc5c5c6c(ccc54)oc4ccccc46)cc3)c3sc4ccccc4c3n2)cc1.c1ccc(-c2nc(-n3c4ccccc4c4c5c6ccccc6n(-c6ccccc6)c5ccc43)c3sc4ccccc4c3n2)cc1. The smallest absolute Gasteiger partial charge is 0.162 e. The Labute approximate surface area is 761 Å². The van der Waals surface area contributed by atoms with Crippen LogP contribution in [0.3, 0.4) is 0 Å². The molecule has 0 atom stereocenters. The lowest BCUT2D eigenvalue weighted by molar-refractivity contribution is 0.661. The van der Waals surface area contributed by atoms with E-state index in [1.165, 1.54) is 112 Å². The molecule has 0 saturated carbocycles. The summed E-state index contributed by atoms with van der Waals surface area (Å²) in [5.74, 6) is 4.07. The molecule has 0 saturated heterocycles. The quantitative estimate of drug-likeness (QED) is 0.149. The minimum atomic E-state index is -0.0581. The molecule has 11 aromatic heterocycles. The van der Waals surface area contributed by atoms with Crippen molar-refractivity contribution in [1.29, 1.82) is 0 Å². The monoisotopic (exact) mass is 1730 g/mol. The summed E-state index contributed by atoms with van der Waals surface area (Å²) in [6, 6.07) is 142. The average Bonchev–Trinajstić information content (AvgIpc) is 1.54. The van der Waals surface area contributed by atoms with Crippen molar-refractivity contribution in [1.82, 2.24) is 48.2 Å². The Morgan fingerprint density at radius 1 is 0.237 bits per heavy atom. The second kappa shape index (κ2) is 29.4. The zero-order chi connectivity index (χ0) is 86.3. The number of fused-ring (bicyclic) bond motifs is 30. The van der Waals surface area contributed by atoms with Gasteiger partial charge in [-0.2, -0.15) is 0 Å². The van der Waals surface area contributed by atoms with Gasteiger partial charge in [-0.25, -0.2) is 29.9 Å². The highest BCUT2D eigenvalue weighted by Gasteiger charge is 2.38. The summed E-state index contributed by atoms with van der Waals surface area (Å²) < 4.78 is 22.7. The molecular weight excluding hydrogens is 1660 g/mol. The zero-order valence-corrected chi connectivity index (χ0v) is 73.2. The molecule has 0 radical (unpaired) electrons. The van der Waals surface area contributed by atoms with E-state index in [2.05, 4.69) is 378 Å². The van der Waals surface area contributed by atoms with E-state index in [1.807, 2.05) is 54.6 Å². The molecule has 0 bridgehead atoms. The standard InChI is InChI=1S/C40H24N4S.C40H23N3OS.C37H25N3S/c1-3-13-25(14-4-1)39-41-37-29-19-9-12-22-34(29)45-38(37)40(42-39)44-31-21-11-8-18-28(31)36-33(44)24-23-32-35(36)27-17-7-10-20-30(27)43(32)26-15-5-2-6-16-26;1-2-10-25(11-3-1)40-41-37(39-38(42-40)29-14-6-9-17-34(29)45-39)24-18-20-26(21-19-24)43-30-15-7-4-12-27(30)35-31(43)22-23-33-36(35)28-13-5-8-16-32(28)44-33;1-37(2)26-17-9-6-14-23(26)31-27(37)20-21-29-32(31)24-15-7-10-18-28(24)40(29)36-34-33(25-16-8-11-19-30(25)41-34)38-35(39-36)22-12-4-3-5-13-22/h1-24H;1-23H;3-21H,1-2H3. The van der Waals surface area contributed by atoms with E-state index < -0.39 is 0 Å². The molecule has 0 fully saturated rings. The van der Waals surface area contributed by atoms with Crippen molar-refractivity contribution in [3.05, 3.63) is 412 Å². The molecule has 1 aliphatic carbocycles. The van der Waals surface area contributed by atoms with Gasteiger partial charge in [0.25, 0.3) is 0 Å². The summed E-state index contributed by atoms with van der Waals surface area (Å²) in [7, 11) is 0. The van der Waals surface area contributed by atoms with Crippen molar-refractivity contribution in [2.75, 3.05) is 0 Å². The van der Waals surface area contributed by atoms with E-state index in [0.29, 0.717) is 0 Å². The van der Waals surface area contributed by atoms with Gasteiger partial charge in [0.15, 0.2) is 29.1 Å². The number of hydrogen-bond donors (Lipinski definition) is 0. The first-order valence-corrected chi connectivity index (χ1v) is 46.6. The largest absolute Gasteiger partial charge is 0.456 e. The van der Waals surface area contributed by atoms with Gasteiger partial charge < -0.3 is 13.6 Å². The molecule has 11 heterocycles. The second-order valence-electron chi connectivity index (χ2n) is 34.2. The van der Waals surface area contributed by atoms with Crippen LogP contribution >= 0.6 is 34.0 Å². The first-order valence-electron chi connectivity index (χ1n) is 44.1. The molecule has 0 N–H and O–H groups in total. The zero-order valence-electron chi connectivity index (χ0n) is 70.7. The topological polar surface area (TPSA) is 110 Å². The predicted molar refractivity (Wildman–Crippen MR) is 549 cm³/mol. The first kappa shape index (κ1) is 74.8. The minimum Gasteiger partial charge on any atom is -0.456 e. The molecule has 29 rings (SSSR count). The van der Waals surface area contributed by atoms with Crippen LogP contribution in [-0.4, -0.2) is 48.2 Å². The fraction of sp³-hybridized carbons (Fsp3) is 0.0256. The average molecular weight is 1730 g/mol. The Kier molecular flexibility index (Phi) is 16.8. The molecule has 614 valence electrons. The third kappa shape index (κ3) is 11.5. The molecule has 17 aromatic carbocycles. The first-order chi connectivity index (χ1) is 64.8. The summed E-state index contributed by atoms with van der Waals surface area (Å²) in [4.78, 5) is 31.3. The van der Waals surface area contributed by atoms with Gasteiger partial charge in [0, 0.05) is 123 Å². The fourth-order valence-electron chi connectivity index (χ4n) is 20.8. The van der Waals surface area contributed by atoms with Gasteiger partial charge in [-0.15, -0.1) is 34.0 Å². The maximum atomic E-state index is 6.27. The van der Waals surface area contributed by atoms with Gasteiger partial charge in [-0.1, -0.05) is 311 Å². The van der Waals surface area contributed by atoms with Crippen molar-refractivity contribution in [2.45, 2.75) is 19.3 Å². The number of thiophene rings is 3. The lowest BCUT2D eigenvalue weighted by Crippen LogP contribution is -2.14. The highest BCUT2D eigenvalue weighted by Crippen LogP contribution is 2.55. The van der Waals surface area contributed by atoms with Gasteiger partial charge in [-0.05, 0) is 125 Å². The highest BCUT2D eigenvalue weighted by atomic mass is 32.1. The lowest BCUT2D eigenvalue weighted by Gasteiger charge is -2.21. The van der Waals surface area contributed by atoms with E-state index >= 15 is 0 Å². The van der Waals surface area contributed by atoms with E-state index in [-0.39, 0.29) is 5.41 Å². The van der Waals surface area contributed by atoms with Crippen LogP contribution in [0.15, 0.2) is 405 Å². The number of aromatic nitrogens is 10. The Bertz CT molecular complexity index is 9590.